The fraction of sp³-hybridized carbons (Fsp3) is 0.0833. The van der Waals surface area contributed by atoms with E-state index in [-0.39, 0.29) is 11.6 Å². The van der Waals surface area contributed by atoms with Crippen molar-refractivity contribution in [2.24, 2.45) is 5.84 Å². The molecule has 100 valence electrons. The molecular formula is C12H10F3N3O. The first-order valence-electron chi connectivity index (χ1n) is 5.28. The lowest BCUT2D eigenvalue weighted by Crippen LogP contribution is -2.11. The van der Waals surface area contributed by atoms with Gasteiger partial charge in [-0.05, 0) is 18.6 Å². The van der Waals surface area contributed by atoms with Crippen LogP contribution in [0.3, 0.4) is 0 Å². The Bertz CT molecular complexity index is 619. The summed E-state index contributed by atoms with van der Waals surface area (Å²) in [7, 11) is 0. The van der Waals surface area contributed by atoms with Crippen LogP contribution in [0.2, 0.25) is 0 Å². The zero-order valence-corrected chi connectivity index (χ0v) is 9.88. The van der Waals surface area contributed by atoms with Crippen LogP contribution in [0.5, 0.6) is 11.6 Å². The van der Waals surface area contributed by atoms with Crippen molar-refractivity contribution in [2.45, 2.75) is 6.92 Å². The molecule has 0 aliphatic carbocycles. The Labute approximate surface area is 107 Å². The van der Waals surface area contributed by atoms with Crippen LogP contribution in [-0.2, 0) is 0 Å². The minimum absolute atomic E-state index is 0.0454. The first-order chi connectivity index (χ1) is 9.01. The Morgan fingerprint density at radius 3 is 2.47 bits per heavy atom. The molecule has 2 rings (SSSR count). The van der Waals surface area contributed by atoms with E-state index in [1.807, 2.05) is 5.43 Å². The lowest BCUT2D eigenvalue weighted by Gasteiger charge is -2.09. The predicted octanol–water partition coefficient (Wildman–Crippen LogP) is 2.89. The maximum Gasteiger partial charge on any atom is 0.258 e. The second-order valence-electron chi connectivity index (χ2n) is 3.76. The second-order valence-corrected chi connectivity index (χ2v) is 3.76. The number of nitrogens with one attached hydrogen (secondary N) is 1. The zero-order valence-electron chi connectivity index (χ0n) is 9.88. The number of rotatable bonds is 3. The van der Waals surface area contributed by atoms with Gasteiger partial charge in [0.05, 0.1) is 0 Å². The average Bonchev–Trinajstić information content (AvgIpc) is 2.37. The van der Waals surface area contributed by atoms with Crippen molar-refractivity contribution in [1.82, 2.24) is 4.98 Å². The highest BCUT2D eigenvalue weighted by Gasteiger charge is 2.13. The molecule has 0 radical (unpaired) electrons. The maximum absolute atomic E-state index is 13.4. The van der Waals surface area contributed by atoms with Crippen LogP contribution in [0.4, 0.5) is 19.0 Å². The number of aromatic nitrogens is 1. The number of benzene rings is 1. The minimum atomic E-state index is -1.02. The van der Waals surface area contributed by atoms with Crippen LogP contribution in [0.15, 0.2) is 24.3 Å². The summed E-state index contributed by atoms with van der Waals surface area (Å²) in [6, 6.07) is 4.56. The number of nitrogen functional groups attached to an aromatic ring is 1. The van der Waals surface area contributed by atoms with Crippen molar-refractivity contribution in [3.8, 4) is 11.6 Å². The number of hydrogen-bond acceptors (Lipinski definition) is 4. The van der Waals surface area contributed by atoms with Crippen molar-refractivity contribution in [1.29, 1.82) is 0 Å². The molecule has 0 saturated carbocycles. The zero-order chi connectivity index (χ0) is 14.0. The van der Waals surface area contributed by atoms with Crippen molar-refractivity contribution >= 4 is 5.82 Å². The van der Waals surface area contributed by atoms with Gasteiger partial charge >= 0.3 is 0 Å². The summed E-state index contributed by atoms with van der Waals surface area (Å²) in [6.45, 7) is 1.58. The molecule has 0 fully saturated rings. The number of hydrogen-bond donors (Lipinski definition) is 2. The lowest BCUT2D eigenvalue weighted by atomic mass is 10.2. The van der Waals surface area contributed by atoms with E-state index in [4.69, 9.17) is 10.6 Å². The molecule has 0 aliphatic rings. The summed E-state index contributed by atoms with van der Waals surface area (Å²) in [5.74, 6) is 1.71. The molecule has 4 nitrogen and oxygen atoms in total. The van der Waals surface area contributed by atoms with Crippen LogP contribution < -0.4 is 16.0 Å². The van der Waals surface area contributed by atoms with Crippen LogP contribution in [-0.4, -0.2) is 4.98 Å². The van der Waals surface area contributed by atoms with Crippen LogP contribution in [0.25, 0.3) is 0 Å². The smallest absolute Gasteiger partial charge is 0.258 e. The molecule has 0 bridgehead atoms. The molecule has 0 amide bonds. The molecular weight excluding hydrogens is 259 g/mol. The van der Waals surface area contributed by atoms with Gasteiger partial charge in [0.15, 0.2) is 17.5 Å². The summed E-state index contributed by atoms with van der Waals surface area (Å²) in [6.07, 6.45) is 0. The van der Waals surface area contributed by atoms with E-state index in [1.54, 1.807) is 6.92 Å². The maximum atomic E-state index is 13.4. The molecule has 7 heteroatoms. The molecule has 0 saturated heterocycles. The quantitative estimate of drug-likeness (QED) is 0.664. The molecule has 0 aliphatic heterocycles. The Balaban J connectivity index is 2.34. The Kier molecular flexibility index (Phi) is 3.57. The molecule has 3 N–H and O–H groups in total. The number of anilines is 1. The highest BCUT2D eigenvalue weighted by atomic mass is 19.1. The van der Waals surface area contributed by atoms with Gasteiger partial charge < -0.3 is 10.2 Å². The number of nitrogens with two attached hydrogens (primary N) is 1. The summed E-state index contributed by atoms with van der Waals surface area (Å²) in [5, 5.41) is 0. The fourth-order valence-electron chi connectivity index (χ4n) is 1.37. The van der Waals surface area contributed by atoms with Crippen molar-refractivity contribution in [3.05, 3.63) is 47.3 Å². The van der Waals surface area contributed by atoms with Gasteiger partial charge in [-0.2, -0.15) is 4.98 Å². The van der Waals surface area contributed by atoms with E-state index in [1.165, 1.54) is 12.1 Å². The molecule has 19 heavy (non-hydrogen) atoms. The number of halogens is 3. The van der Waals surface area contributed by atoms with E-state index < -0.39 is 23.3 Å². The molecule has 1 aromatic heterocycles. The Hall–Kier alpha value is -2.28. The topological polar surface area (TPSA) is 60.2 Å². The van der Waals surface area contributed by atoms with E-state index in [0.717, 1.165) is 6.07 Å². The number of ether oxygens (including phenoxy) is 1. The normalized spacial score (nSPS) is 10.4. The van der Waals surface area contributed by atoms with Gasteiger partial charge in [-0.1, -0.05) is 6.07 Å². The van der Waals surface area contributed by atoms with E-state index in [0.29, 0.717) is 11.6 Å². The monoisotopic (exact) mass is 269 g/mol. The third-order valence-corrected chi connectivity index (χ3v) is 2.39. The molecule has 0 atom stereocenters. The molecule has 0 spiro atoms. The first-order valence-corrected chi connectivity index (χ1v) is 5.28. The highest BCUT2D eigenvalue weighted by molar-refractivity contribution is 5.40. The summed E-state index contributed by atoms with van der Waals surface area (Å²) in [4.78, 5) is 3.51. The van der Waals surface area contributed by atoms with Gasteiger partial charge in [0.2, 0.25) is 0 Å². The van der Waals surface area contributed by atoms with Crippen LogP contribution in [0.1, 0.15) is 5.56 Å². The van der Waals surface area contributed by atoms with Gasteiger partial charge in [0.1, 0.15) is 11.6 Å². The van der Waals surface area contributed by atoms with E-state index in [2.05, 4.69) is 4.98 Å². The van der Waals surface area contributed by atoms with Crippen molar-refractivity contribution in [3.63, 3.8) is 0 Å². The molecule has 1 aromatic carbocycles. The molecule has 0 unspecified atom stereocenters. The molecule has 1 heterocycles. The number of aryl methyl sites for hydroxylation is 1. The van der Waals surface area contributed by atoms with Crippen molar-refractivity contribution in [2.75, 3.05) is 5.43 Å². The number of pyridine rings is 1. The SMILES string of the molecule is Cc1ccc(Oc2nc(NN)c(F)cc2F)cc1F. The Morgan fingerprint density at radius 2 is 1.84 bits per heavy atom. The van der Waals surface area contributed by atoms with E-state index in [9.17, 15) is 13.2 Å². The lowest BCUT2D eigenvalue weighted by molar-refractivity contribution is 0.415. The first kappa shape index (κ1) is 13.2. The van der Waals surface area contributed by atoms with Gasteiger partial charge in [-0.25, -0.2) is 19.0 Å². The van der Waals surface area contributed by atoms with Crippen LogP contribution in [0, 0.1) is 24.4 Å². The summed E-state index contributed by atoms with van der Waals surface area (Å²) < 4.78 is 44.9. The van der Waals surface area contributed by atoms with Crippen LogP contribution >= 0.6 is 0 Å². The highest BCUT2D eigenvalue weighted by Crippen LogP contribution is 2.26. The largest absolute Gasteiger partial charge is 0.436 e. The molecule has 2 aromatic rings. The average molecular weight is 269 g/mol. The van der Waals surface area contributed by atoms with Gasteiger partial charge in [0, 0.05) is 12.1 Å². The minimum Gasteiger partial charge on any atom is -0.436 e. The third-order valence-electron chi connectivity index (χ3n) is 2.39. The number of nitrogens with zero attached hydrogens (tertiary/aromatic N) is 1. The second kappa shape index (κ2) is 5.15. The van der Waals surface area contributed by atoms with Gasteiger partial charge in [0.25, 0.3) is 5.88 Å². The number of hydrazine groups is 1. The van der Waals surface area contributed by atoms with Gasteiger partial charge in [-0.3, -0.25) is 0 Å². The van der Waals surface area contributed by atoms with Crippen molar-refractivity contribution < 1.29 is 17.9 Å². The summed E-state index contributed by atoms with van der Waals surface area (Å²) >= 11 is 0. The summed E-state index contributed by atoms with van der Waals surface area (Å²) in [5.41, 5.74) is 2.38. The standard InChI is InChI=1S/C12H10F3N3O/c1-6-2-3-7(4-8(6)13)19-12-10(15)5-9(14)11(17-12)18-16/h2-5H,16H2,1H3,(H,17,18). The fourth-order valence-corrected chi connectivity index (χ4v) is 1.37. The third kappa shape index (κ3) is 2.76. The van der Waals surface area contributed by atoms with Gasteiger partial charge in [-0.15, -0.1) is 0 Å². The Morgan fingerprint density at radius 1 is 1.11 bits per heavy atom. The predicted molar refractivity (Wildman–Crippen MR) is 63.2 cm³/mol. The van der Waals surface area contributed by atoms with E-state index >= 15 is 0 Å².